The molecule has 3 aromatic rings. The van der Waals surface area contributed by atoms with Crippen molar-refractivity contribution >= 4 is 22.7 Å². The maximum Gasteiger partial charge on any atom is 0.159 e. The van der Waals surface area contributed by atoms with E-state index in [-0.39, 0.29) is 0 Å². The quantitative estimate of drug-likeness (QED) is 0.584. The summed E-state index contributed by atoms with van der Waals surface area (Å²) in [5.74, 6) is 1.53. The maximum atomic E-state index is 4.15. The Balaban J connectivity index is 2.07. The van der Waals surface area contributed by atoms with E-state index >= 15 is 0 Å². The van der Waals surface area contributed by atoms with Crippen molar-refractivity contribution in [3.8, 4) is 0 Å². The minimum Gasteiger partial charge on any atom is -0.357 e. The molecule has 3 aromatic heterocycles. The van der Waals surface area contributed by atoms with Gasteiger partial charge in [-0.1, -0.05) is 0 Å². The summed E-state index contributed by atoms with van der Waals surface area (Å²) in [6.07, 6.45) is 5.03. The molecule has 0 fully saturated rings. The smallest absolute Gasteiger partial charge is 0.159 e. The van der Waals surface area contributed by atoms with Crippen LogP contribution in [0.2, 0.25) is 0 Å². The fraction of sp³-hybridized carbons (Fsp3) is 0. The Morgan fingerprint density at radius 3 is 3.07 bits per heavy atom. The first-order chi connectivity index (χ1) is 7.43. The summed E-state index contributed by atoms with van der Waals surface area (Å²) in [4.78, 5) is 11.4. The Hall–Kier alpha value is -2.37. The number of aromatic nitrogens is 5. The molecule has 0 atom stereocenters. The van der Waals surface area contributed by atoms with Crippen molar-refractivity contribution in [2.75, 3.05) is 5.32 Å². The highest BCUT2D eigenvalue weighted by Gasteiger charge is 2.04. The summed E-state index contributed by atoms with van der Waals surface area (Å²) in [7, 11) is 0. The Kier molecular flexibility index (Phi) is 1.64. The van der Waals surface area contributed by atoms with Crippen LogP contribution in [-0.4, -0.2) is 25.1 Å². The summed E-state index contributed by atoms with van der Waals surface area (Å²) in [5.41, 5.74) is 1.76. The molecule has 0 aliphatic heterocycles. The summed E-state index contributed by atoms with van der Waals surface area (Å²) < 4.78 is 0. The normalized spacial score (nSPS) is 10.7. The number of aromatic amines is 2. The Bertz CT molecular complexity index is 567. The van der Waals surface area contributed by atoms with Gasteiger partial charge < -0.3 is 10.3 Å². The first kappa shape index (κ1) is 7.98. The van der Waals surface area contributed by atoms with Gasteiger partial charge in [0.15, 0.2) is 5.82 Å². The van der Waals surface area contributed by atoms with Gasteiger partial charge in [-0.3, -0.25) is 5.10 Å². The van der Waals surface area contributed by atoms with Crippen LogP contribution in [0.4, 0.5) is 11.6 Å². The lowest BCUT2D eigenvalue weighted by Gasteiger charge is -2.02. The van der Waals surface area contributed by atoms with E-state index in [9.17, 15) is 0 Å². The highest BCUT2D eigenvalue weighted by molar-refractivity contribution is 5.86. The highest BCUT2D eigenvalue weighted by atomic mass is 15.2. The molecule has 6 heteroatoms. The lowest BCUT2D eigenvalue weighted by molar-refractivity contribution is 1.09. The fourth-order valence-electron chi connectivity index (χ4n) is 1.42. The predicted molar refractivity (Wildman–Crippen MR) is 55.8 cm³/mol. The Morgan fingerprint density at radius 2 is 2.20 bits per heavy atom. The third-order valence-corrected chi connectivity index (χ3v) is 2.10. The number of fused-ring (bicyclic) bond motifs is 1. The summed E-state index contributed by atoms with van der Waals surface area (Å²) in [6, 6.07) is 3.73. The van der Waals surface area contributed by atoms with Crippen molar-refractivity contribution in [2.45, 2.75) is 0 Å². The number of nitrogens with one attached hydrogen (secondary N) is 3. The third-order valence-electron chi connectivity index (χ3n) is 2.10. The molecule has 74 valence electrons. The molecule has 3 heterocycles. The fourth-order valence-corrected chi connectivity index (χ4v) is 1.42. The zero-order chi connectivity index (χ0) is 10.1. The van der Waals surface area contributed by atoms with Gasteiger partial charge in [0.05, 0.1) is 11.7 Å². The molecule has 0 aromatic carbocycles. The van der Waals surface area contributed by atoms with E-state index in [4.69, 9.17) is 0 Å². The zero-order valence-electron chi connectivity index (χ0n) is 7.73. The molecule has 0 amide bonds. The van der Waals surface area contributed by atoms with Gasteiger partial charge >= 0.3 is 0 Å². The second kappa shape index (κ2) is 3.09. The van der Waals surface area contributed by atoms with Gasteiger partial charge in [0, 0.05) is 12.3 Å². The minimum absolute atomic E-state index is 0.731. The van der Waals surface area contributed by atoms with E-state index in [1.807, 2.05) is 18.3 Å². The van der Waals surface area contributed by atoms with Gasteiger partial charge in [-0.25, -0.2) is 9.97 Å². The van der Waals surface area contributed by atoms with Crippen LogP contribution in [0.15, 0.2) is 30.9 Å². The molecular weight excluding hydrogens is 192 g/mol. The van der Waals surface area contributed by atoms with Crippen LogP contribution in [0.25, 0.3) is 11.0 Å². The number of nitrogens with zero attached hydrogens (tertiary/aromatic N) is 3. The number of rotatable bonds is 2. The molecule has 3 rings (SSSR count). The maximum absolute atomic E-state index is 4.15. The molecule has 0 saturated heterocycles. The lowest BCUT2D eigenvalue weighted by atomic mass is 10.4. The molecule has 0 saturated carbocycles. The van der Waals surface area contributed by atoms with Gasteiger partial charge in [-0.15, -0.1) is 0 Å². The molecule has 3 N–H and O–H groups in total. The molecule has 0 bridgehead atoms. The molecule has 0 aliphatic carbocycles. The Morgan fingerprint density at radius 1 is 1.20 bits per heavy atom. The third kappa shape index (κ3) is 1.32. The molecule has 0 unspecified atom stereocenters. The zero-order valence-corrected chi connectivity index (χ0v) is 7.73. The van der Waals surface area contributed by atoms with Crippen LogP contribution in [-0.2, 0) is 0 Å². The summed E-state index contributed by atoms with van der Waals surface area (Å²) in [5, 5.41) is 9.76. The van der Waals surface area contributed by atoms with Crippen molar-refractivity contribution in [1.29, 1.82) is 0 Å². The number of hydrogen-bond donors (Lipinski definition) is 3. The summed E-state index contributed by atoms with van der Waals surface area (Å²) in [6.45, 7) is 0. The number of anilines is 2. The topological polar surface area (TPSA) is 82.3 Å². The van der Waals surface area contributed by atoms with E-state index in [0.717, 1.165) is 22.7 Å². The van der Waals surface area contributed by atoms with E-state index in [0.29, 0.717) is 0 Å². The van der Waals surface area contributed by atoms with Gasteiger partial charge in [-0.2, -0.15) is 5.10 Å². The Labute approximate surface area is 84.8 Å². The number of hydrogen-bond acceptors (Lipinski definition) is 4. The van der Waals surface area contributed by atoms with E-state index in [1.165, 1.54) is 6.33 Å². The van der Waals surface area contributed by atoms with Crippen LogP contribution >= 0.6 is 0 Å². The second-order valence-electron chi connectivity index (χ2n) is 3.06. The molecule has 15 heavy (non-hydrogen) atoms. The van der Waals surface area contributed by atoms with Crippen LogP contribution < -0.4 is 5.32 Å². The van der Waals surface area contributed by atoms with Crippen LogP contribution in [0.5, 0.6) is 0 Å². The predicted octanol–water partition coefficient (Wildman–Crippen LogP) is 1.42. The van der Waals surface area contributed by atoms with Crippen LogP contribution in [0.3, 0.4) is 0 Å². The highest BCUT2D eigenvalue weighted by Crippen LogP contribution is 2.19. The molecule has 0 spiro atoms. The minimum atomic E-state index is 0.731. The average Bonchev–Trinajstić information content (AvgIpc) is 2.87. The van der Waals surface area contributed by atoms with Crippen molar-refractivity contribution < 1.29 is 0 Å². The molecular formula is C9H8N6. The van der Waals surface area contributed by atoms with Crippen molar-refractivity contribution in [3.05, 3.63) is 30.9 Å². The lowest BCUT2D eigenvalue weighted by Crippen LogP contribution is -1.95. The average molecular weight is 200 g/mol. The monoisotopic (exact) mass is 200 g/mol. The van der Waals surface area contributed by atoms with Crippen molar-refractivity contribution in [1.82, 2.24) is 25.1 Å². The first-order valence-electron chi connectivity index (χ1n) is 4.48. The van der Waals surface area contributed by atoms with Gasteiger partial charge in [0.1, 0.15) is 17.7 Å². The SMILES string of the molecule is c1cc(Nc2ncnc3cc[nH]c23)[nH]n1. The largest absolute Gasteiger partial charge is 0.357 e. The van der Waals surface area contributed by atoms with Crippen molar-refractivity contribution in [3.63, 3.8) is 0 Å². The molecule has 6 nitrogen and oxygen atoms in total. The van der Waals surface area contributed by atoms with Gasteiger partial charge in [0.2, 0.25) is 0 Å². The van der Waals surface area contributed by atoms with Gasteiger partial charge in [-0.05, 0) is 6.07 Å². The van der Waals surface area contributed by atoms with Crippen LogP contribution in [0, 0.1) is 0 Å². The second-order valence-corrected chi connectivity index (χ2v) is 3.06. The number of H-pyrrole nitrogens is 2. The van der Waals surface area contributed by atoms with E-state index in [1.54, 1.807) is 6.20 Å². The summed E-state index contributed by atoms with van der Waals surface area (Å²) >= 11 is 0. The van der Waals surface area contributed by atoms with E-state index < -0.39 is 0 Å². The van der Waals surface area contributed by atoms with Gasteiger partial charge in [0.25, 0.3) is 0 Å². The molecule has 0 radical (unpaired) electrons. The standard InChI is InChI=1S/C9H8N6/c1-3-10-8-6(1)11-5-12-9(8)14-7-2-4-13-15-7/h1-5,10H,(H2,11,12,13,14,15). The first-order valence-corrected chi connectivity index (χ1v) is 4.48. The molecule has 0 aliphatic rings. The van der Waals surface area contributed by atoms with E-state index in [2.05, 4.69) is 30.5 Å². The van der Waals surface area contributed by atoms with Crippen LogP contribution in [0.1, 0.15) is 0 Å². The van der Waals surface area contributed by atoms with Crippen molar-refractivity contribution in [2.24, 2.45) is 0 Å².